The molecule has 0 aliphatic carbocycles. The van der Waals surface area contributed by atoms with E-state index < -0.39 is 21.8 Å². The molecule has 1 aromatic rings. The predicted molar refractivity (Wildman–Crippen MR) is 49.5 cm³/mol. The molecular weight excluding hydrogens is 214 g/mol. The van der Waals surface area contributed by atoms with Crippen LogP contribution in [-0.4, -0.2) is 17.6 Å². The highest BCUT2D eigenvalue weighted by Gasteiger charge is 2.20. The third-order valence-electron chi connectivity index (χ3n) is 1.51. The van der Waals surface area contributed by atoms with Gasteiger partial charge in [0.1, 0.15) is 6.04 Å². The molecule has 0 aromatic carbocycles. The Morgan fingerprint density at radius 3 is 2.23 bits per heavy atom. The quantitative estimate of drug-likeness (QED) is 0.523. The van der Waals surface area contributed by atoms with Crippen molar-refractivity contribution in [2.24, 2.45) is 0 Å². The molecule has 0 amide bonds. The lowest BCUT2D eigenvalue weighted by Gasteiger charge is -2.06. The molecule has 0 saturated heterocycles. The van der Waals surface area contributed by atoms with Crippen LogP contribution in [0.25, 0.3) is 0 Å². The summed E-state index contributed by atoms with van der Waals surface area (Å²) < 4.78 is 5.31. The summed E-state index contributed by atoms with van der Waals surface area (Å²) >= 11 is 0. The minimum absolute atomic E-state index is 0.423. The Labute approximate surface area is 80.6 Å². The summed E-state index contributed by atoms with van der Waals surface area (Å²) in [6.07, 6.45) is 0. The molecule has 7 heteroatoms. The SMILES string of the molecule is COC(=O)C(C)n1c(=O)ssc1=O. The lowest BCUT2D eigenvalue weighted by molar-refractivity contribution is -0.144. The van der Waals surface area contributed by atoms with Crippen LogP contribution < -0.4 is 9.75 Å². The Morgan fingerprint density at radius 2 is 1.85 bits per heavy atom. The van der Waals surface area contributed by atoms with Crippen LogP contribution in [0.2, 0.25) is 0 Å². The Kier molecular flexibility index (Phi) is 2.99. The number of hydrogen-bond donors (Lipinski definition) is 0. The fourth-order valence-corrected chi connectivity index (χ4v) is 2.57. The van der Waals surface area contributed by atoms with E-state index in [9.17, 15) is 14.4 Å². The second-order valence-corrected chi connectivity index (χ2v) is 4.30. The van der Waals surface area contributed by atoms with Crippen molar-refractivity contribution >= 4 is 26.7 Å². The van der Waals surface area contributed by atoms with Gasteiger partial charge in [-0.25, -0.2) is 9.36 Å². The number of aromatic nitrogens is 1. The number of esters is 1. The van der Waals surface area contributed by atoms with Crippen molar-refractivity contribution < 1.29 is 9.53 Å². The van der Waals surface area contributed by atoms with Gasteiger partial charge < -0.3 is 4.74 Å². The molecule has 1 unspecified atom stereocenters. The molecule has 1 rings (SSSR count). The molecule has 0 fully saturated rings. The van der Waals surface area contributed by atoms with Gasteiger partial charge in [0.2, 0.25) is 0 Å². The Bertz CT molecular complexity index is 387. The second-order valence-electron chi connectivity index (χ2n) is 2.27. The lowest BCUT2D eigenvalue weighted by atomic mass is 10.3. The van der Waals surface area contributed by atoms with E-state index in [1.807, 2.05) is 0 Å². The molecule has 5 nitrogen and oxygen atoms in total. The Balaban J connectivity index is 3.15. The average molecular weight is 221 g/mol. The zero-order valence-corrected chi connectivity index (χ0v) is 8.61. The average Bonchev–Trinajstić information content (AvgIpc) is 2.44. The maximum atomic E-state index is 11.1. The second kappa shape index (κ2) is 3.84. The first-order valence-electron chi connectivity index (χ1n) is 3.37. The molecule has 0 aliphatic heterocycles. The van der Waals surface area contributed by atoms with Gasteiger partial charge in [-0.2, -0.15) is 0 Å². The van der Waals surface area contributed by atoms with Crippen LogP contribution in [0.1, 0.15) is 13.0 Å². The van der Waals surface area contributed by atoms with E-state index in [0.717, 1.165) is 25.2 Å². The van der Waals surface area contributed by atoms with E-state index >= 15 is 0 Å². The van der Waals surface area contributed by atoms with Crippen LogP contribution >= 0.6 is 20.7 Å². The minimum atomic E-state index is -0.840. The number of hydrogen-bond acceptors (Lipinski definition) is 6. The molecule has 72 valence electrons. The number of ether oxygens (including phenoxy) is 1. The van der Waals surface area contributed by atoms with Crippen molar-refractivity contribution in [3.63, 3.8) is 0 Å². The fraction of sp³-hybridized carbons (Fsp3) is 0.500. The van der Waals surface area contributed by atoms with Gasteiger partial charge in [0.05, 0.1) is 7.11 Å². The van der Waals surface area contributed by atoms with Gasteiger partial charge in [0, 0.05) is 0 Å². The molecule has 1 aromatic heterocycles. The smallest absolute Gasteiger partial charge is 0.328 e. The number of methoxy groups -OCH3 is 1. The maximum absolute atomic E-state index is 11.1. The Hall–Kier alpha value is -0.950. The van der Waals surface area contributed by atoms with Crippen molar-refractivity contribution in [2.75, 3.05) is 7.11 Å². The molecule has 1 atom stereocenters. The minimum Gasteiger partial charge on any atom is -0.467 e. The number of carbonyl (C=O) groups is 1. The van der Waals surface area contributed by atoms with Gasteiger partial charge in [0.25, 0.3) is 0 Å². The topological polar surface area (TPSA) is 65.4 Å². The van der Waals surface area contributed by atoms with Crippen molar-refractivity contribution in [3.8, 4) is 0 Å². The van der Waals surface area contributed by atoms with Gasteiger partial charge >= 0.3 is 15.7 Å². The first-order valence-corrected chi connectivity index (χ1v) is 5.52. The van der Waals surface area contributed by atoms with Gasteiger partial charge in [-0.15, -0.1) is 0 Å². The highest BCUT2D eigenvalue weighted by molar-refractivity contribution is 7.67. The molecule has 0 aliphatic rings. The van der Waals surface area contributed by atoms with Crippen LogP contribution in [0.5, 0.6) is 0 Å². The molecule has 1 heterocycles. The molecule has 13 heavy (non-hydrogen) atoms. The zero-order chi connectivity index (χ0) is 10.0. The predicted octanol–water partition coefficient (Wildman–Crippen LogP) is 0.0655. The molecule has 0 saturated carbocycles. The van der Waals surface area contributed by atoms with E-state index in [1.165, 1.54) is 14.0 Å². The van der Waals surface area contributed by atoms with Crippen LogP contribution in [-0.2, 0) is 9.53 Å². The third-order valence-corrected chi connectivity index (χ3v) is 3.37. The van der Waals surface area contributed by atoms with Crippen molar-refractivity contribution in [2.45, 2.75) is 13.0 Å². The van der Waals surface area contributed by atoms with Gasteiger partial charge in [-0.1, -0.05) is 0 Å². The van der Waals surface area contributed by atoms with E-state index in [2.05, 4.69) is 4.74 Å². The van der Waals surface area contributed by atoms with Crippen LogP contribution in [0.4, 0.5) is 0 Å². The summed E-state index contributed by atoms with van der Waals surface area (Å²) in [5.74, 6) is -0.593. The standard InChI is InChI=1S/C6H7NO4S2/c1-3(4(8)11-2)7-5(9)12-13-6(7)10/h3H,1-2H3. The molecule has 0 bridgehead atoms. The normalized spacial score (nSPS) is 12.5. The maximum Gasteiger partial charge on any atom is 0.328 e. The summed E-state index contributed by atoms with van der Waals surface area (Å²) in [5.41, 5.74) is 0. The van der Waals surface area contributed by atoms with Crippen LogP contribution in [0.3, 0.4) is 0 Å². The fourth-order valence-electron chi connectivity index (χ4n) is 0.818. The van der Waals surface area contributed by atoms with Crippen LogP contribution in [0, 0.1) is 0 Å². The van der Waals surface area contributed by atoms with Gasteiger partial charge in [-0.05, 0) is 27.6 Å². The summed E-state index contributed by atoms with van der Waals surface area (Å²) in [6.45, 7) is 1.45. The molecule has 0 N–H and O–H groups in total. The molecular formula is C6H7NO4S2. The number of nitrogens with zero attached hydrogens (tertiary/aromatic N) is 1. The Morgan fingerprint density at radius 1 is 1.38 bits per heavy atom. The molecule has 0 radical (unpaired) electrons. The van der Waals surface area contributed by atoms with Crippen molar-refractivity contribution in [3.05, 3.63) is 19.3 Å². The first-order chi connectivity index (χ1) is 6.07. The lowest BCUT2D eigenvalue weighted by Crippen LogP contribution is -2.32. The van der Waals surface area contributed by atoms with Crippen molar-refractivity contribution in [1.82, 2.24) is 4.57 Å². The summed E-state index contributed by atoms with van der Waals surface area (Å²) in [4.78, 5) is 32.3. The van der Waals surface area contributed by atoms with E-state index in [-0.39, 0.29) is 0 Å². The van der Waals surface area contributed by atoms with E-state index in [4.69, 9.17) is 0 Å². The summed E-state index contributed by atoms with van der Waals surface area (Å²) in [6, 6.07) is -0.840. The number of carbonyl (C=O) groups excluding carboxylic acids is 1. The monoisotopic (exact) mass is 221 g/mol. The zero-order valence-electron chi connectivity index (χ0n) is 6.97. The van der Waals surface area contributed by atoms with E-state index in [0.29, 0.717) is 0 Å². The first kappa shape index (κ1) is 10.1. The van der Waals surface area contributed by atoms with Crippen LogP contribution in [0.15, 0.2) is 9.59 Å². The third kappa shape index (κ3) is 1.86. The van der Waals surface area contributed by atoms with Gasteiger partial charge in [-0.3, -0.25) is 9.59 Å². The summed E-state index contributed by atoms with van der Waals surface area (Å²) in [7, 11) is 2.84. The largest absolute Gasteiger partial charge is 0.467 e. The summed E-state index contributed by atoms with van der Waals surface area (Å²) in [5, 5.41) is 0. The highest BCUT2D eigenvalue weighted by atomic mass is 32.9. The van der Waals surface area contributed by atoms with Crippen molar-refractivity contribution in [1.29, 1.82) is 0 Å². The van der Waals surface area contributed by atoms with Gasteiger partial charge in [0.15, 0.2) is 0 Å². The number of rotatable bonds is 2. The highest BCUT2D eigenvalue weighted by Crippen LogP contribution is 2.04. The molecule has 0 spiro atoms. The van der Waals surface area contributed by atoms with E-state index in [1.54, 1.807) is 0 Å².